The predicted octanol–water partition coefficient (Wildman–Crippen LogP) is 0.844. The van der Waals surface area contributed by atoms with Crippen LogP contribution in [0.2, 0.25) is 0 Å². The zero-order valence-electron chi connectivity index (χ0n) is 16.2. The van der Waals surface area contributed by atoms with Gasteiger partial charge >= 0.3 is 0 Å². The van der Waals surface area contributed by atoms with Crippen molar-refractivity contribution in [1.29, 1.82) is 0 Å². The molecule has 1 fully saturated rings. The molecule has 1 heterocycles. The molecule has 0 saturated carbocycles. The number of sulfonamides is 1. The number of hydrogen-bond donors (Lipinski definition) is 2. The molecule has 0 unspecified atom stereocenters. The quantitative estimate of drug-likeness (QED) is 0.189. The molecule has 0 aromatic rings. The number of nitrogens with zero attached hydrogens (tertiary/aromatic N) is 3. The highest BCUT2D eigenvalue weighted by molar-refractivity contribution is 14.0. The van der Waals surface area contributed by atoms with E-state index in [2.05, 4.69) is 15.6 Å². The number of carbonyl (C=O) groups is 1. The zero-order chi connectivity index (χ0) is 18.7. The van der Waals surface area contributed by atoms with Gasteiger partial charge in [-0.2, -0.15) is 0 Å². The third-order valence-corrected chi connectivity index (χ3v) is 5.45. The molecule has 1 rings (SSSR count). The van der Waals surface area contributed by atoms with E-state index in [4.69, 9.17) is 0 Å². The molecule has 0 aromatic heterocycles. The Kier molecular flexibility index (Phi) is 13.2. The van der Waals surface area contributed by atoms with Crippen molar-refractivity contribution >= 4 is 45.9 Å². The van der Waals surface area contributed by atoms with E-state index >= 15 is 0 Å². The molecule has 154 valence electrons. The summed E-state index contributed by atoms with van der Waals surface area (Å²) in [5, 5.41) is 6.40. The minimum Gasteiger partial charge on any atom is -0.357 e. The van der Waals surface area contributed by atoms with Gasteiger partial charge in [0.05, 0.1) is 6.26 Å². The second-order valence-corrected chi connectivity index (χ2v) is 8.12. The highest BCUT2D eigenvalue weighted by Gasteiger charge is 2.18. The topological polar surface area (TPSA) is 94.1 Å². The average Bonchev–Trinajstić information content (AvgIpc) is 2.95. The summed E-state index contributed by atoms with van der Waals surface area (Å²) in [7, 11) is -3.13. The van der Waals surface area contributed by atoms with E-state index in [9.17, 15) is 13.2 Å². The molecule has 1 aliphatic heterocycles. The van der Waals surface area contributed by atoms with Gasteiger partial charge in [0.1, 0.15) is 0 Å². The molecule has 8 nitrogen and oxygen atoms in total. The van der Waals surface area contributed by atoms with Crippen LogP contribution >= 0.6 is 24.0 Å². The summed E-state index contributed by atoms with van der Waals surface area (Å²) in [6.07, 6.45) is 4.44. The molecule has 0 spiro atoms. The molecule has 0 aliphatic carbocycles. The van der Waals surface area contributed by atoms with Gasteiger partial charge in [-0.25, -0.2) is 12.7 Å². The molecule has 2 N–H and O–H groups in total. The first-order chi connectivity index (χ1) is 11.9. The summed E-state index contributed by atoms with van der Waals surface area (Å²) in [6, 6.07) is 0. The summed E-state index contributed by atoms with van der Waals surface area (Å²) in [5.74, 6) is 0.984. The van der Waals surface area contributed by atoms with E-state index in [1.807, 2.05) is 18.7 Å². The number of likely N-dealkylation sites (tertiary alicyclic amines) is 1. The van der Waals surface area contributed by atoms with Crippen molar-refractivity contribution in [1.82, 2.24) is 19.8 Å². The highest BCUT2D eigenvalue weighted by atomic mass is 127. The number of carbonyl (C=O) groups excluding carboxylic acids is 1. The molecule has 0 atom stereocenters. The predicted molar refractivity (Wildman–Crippen MR) is 117 cm³/mol. The number of aliphatic imine (C=N–C) groups is 1. The van der Waals surface area contributed by atoms with E-state index in [0.29, 0.717) is 39.0 Å². The Morgan fingerprint density at radius 1 is 1.27 bits per heavy atom. The van der Waals surface area contributed by atoms with Crippen molar-refractivity contribution in [3.8, 4) is 0 Å². The van der Waals surface area contributed by atoms with E-state index in [-0.39, 0.29) is 29.9 Å². The number of rotatable bonds is 11. The van der Waals surface area contributed by atoms with Crippen molar-refractivity contribution in [2.75, 3.05) is 52.1 Å². The molecule has 1 saturated heterocycles. The lowest BCUT2D eigenvalue weighted by Crippen LogP contribution is -2.39. The third kappa shape index (κ3) is 9.91. The Bertz CT molecular complexity index is 542. The lowest BCUT2D eigenvalue weighted by molar-refractivity contribution is -0.127. The number of guanidine groups is 1. The van der Waals surface area contributed by atoms with Gasteiger partial charge in [-0.15, -0.1) is 24.0 Å². The van der Waals surface area contributed by atoms with Gasteiger partial charge in [0.2, 0.25) is 15.9 Å². The minimum absolute atomic E-state index is 0. The van der Waals surface area contributed by atoms with Crippen LogP contribution in [-0.2, 0) is 14.8 Å². The molecule has 26 heavy (non-hydrogen) atoms. The van der Waals surface area contributed by atoms with Gasteiger partial charge in [0, 0.05) is 52.2 Å². The third-order valence-electron chi connectivity index (χ3n) is 4.07. The molecular formula is C16H34IN5O3S. The largest absolute Gasteiger partial charge is 0.357 e. The maximum atomic E-state index is 11.5. The van der Waals surface area contributed by atoms with Crippen molar-refractivity contribution < 1.29 is 13.2 Å². The first-order valence-corrected chi connectivity index (χ1v) is 11.0. The van der Waals surface area contributed by atoms with Gasteiger partial charge in [0.25, 0.3) is 0 Å². The van der Waals surface area contributed by atoms with Gasteiger partial charge in [-0.1, -0.05) is 6.92 Å². The maximum absolute atomic E-state index is 11.5. The van der Waals surface area contributed by atoms with Crippen LogP contribution in [0.1, 0.15) is 39.5 Å². The standard InChI is InChI=1S/C16H33N5O3S.HI/c1-4-17-16(18-10-7-13-20-12-6-9-15(20)22)19-11-8-14-21(5-2)25(3,23)24;/h4-14H2,1-3H3,(H2,17,18,19);1H. The summed E-state index contributed by atoms with van der Waals surface area (Å²) < 4.78 is 24.5. The summed E-state index contributed by atoms with van der Waals surface area (Å²) in [5.41, 5.74) is 0. The van der Waals surface area contributed by atoms with Crippen molar-refractivity contribution in [3.63, 3.8) is 0 Å². The number of nitrogens with one attached hydrogen (secondary N) is 2. The van der Waals surface area contributed by atoms with Crippen LogP contribution in [-0.4, -0.2) is 81.6 Å². The zero-order valence-corrected chi connectivity index (χ0v) is 19.3. The van der Waals surface area contributed by atoms with Crippen LogP contribution in [0.5, 0.6) is 0 Å². The minimum atomic E-state index is -3.13. The first kappa shape index (κ1) is 25.4. The van der Waals surface area contributed by atoms with Crippen molar-refractivity contribution in [2.45, 2.75) is 39.5 Å². The van der Waals surface area contributed by atoms with Gasteiger partial charge in [-0.05, 0) is 26.2 Å². The molecule has 0 radical (unpaired) electrons. The van der Waals surface area contributed by atoms with E-state index in [1.54, 1.807) is 0 Å². The molecule has 10 heteroatoms. The summed E-state index contributed by atoms with van der Waals surface area (Å²) >= 11 is 0. The lowest BCUT2D eigenvalue weighted by Gasteiger charge is -2.18. The Labute approximate surface area is 175 Å². The molecule has 1 aliphatic rings. The van der Waals surface area contributed by atoms with Crippen molar-refractivity contribution in [2.24, 2.45) is 4.99 Å². The fourth-order valence-corrected chi connectivity index (χ4v) is 3.69. The van der Waals surface area contributed by atoms with Crippen LogP contribution in [0, 0.1) is 0 Å². The SMILES string of the molecule is CCNC(=NCCCN1CCCC1=O)NCCCN(CC)S(C)(=O)=O.I. The Morgan fingerprint density at radius 3 is 2.54 bits per heavy atom. The summed E-state index contributed by atoms with van der Waals surface area (Å²) in [4.78, 5) is 18.0. The fourth-order valence-electron chi connectivity index (χ4n) is 2.76. The summed E-state index contributed by atoms with van der Waals surface area (Å²) in [6.45, 7) is 8.54. The second-order valence-electron chi connectivity index (χ2n) is 6.13. The molecule has 0 bridgehead atoms. The number of hydrogen-bond acceptors (Lipinski definition) is 4. The van der Waals surface area contributed by atoms with Crippen LogP contribution in [0.3, 0.4) is 0 Å². The van der Waals surface area contributed by atoms with Crippen LogP contribution in [0.15, 0.2) is 4.99 Å². The van der Waals surface area contributed by atoms with Gasteiger partial charge in [-0.3, -0.25) is 9.79 Å². The monoisotopic (exact) mass is 503 g/mol. The first-order valence-electron chi connectivity index (χ1n) is 9.13. The van der Waals surface area contributed by atoms with Crippen molar-refractivity contribution in [3.05, 3.63) is 0 Å². The Morgan fingerprint density at radius 2 is 2.00 bits per heavy atom. The highest BCUT2D eigenvalue weighted by Crippen LogP contribution is 2.09. The van der Waals surface area contributed by atoms with E-state index < -0.39 is 10.0 Å². The van der Waals surface area contributed by atoms with Crippen LogP contribution in [0.25, 0.3) is 0 Å². The number of amides is 1. The van der Waals surface area contributed by atoms with Gasteiger partial charge in [0.15, 0.2) is 5.96 Å². The normalized spacial score (nSPS) is 15.3. The van der Waals surface area contributed by atoms with Crippen LogP contribution < -0.4 is 10.6 Å². The lowest BCUT2D eigenvalue weighted by atomic mass is 10.4. The number of halogens is 1. The van der Waals surface area contributed by atoms with Gasteiger partial charge < -0.3 is 15.5 Å². The fraction of sp³-hybridized carbons (Fsp3) is 0.875. The molecule has 0 aromatic carbocycles. The molecular weight excluding hydrogens is 469 g/mol. The average molecular weight is 503 g/mol. The van der Waals surface area contributed by atoms with E-state index in [1.165, 1.54) is 10.6 Å². The Balaban J connectivity index is 0.00000625. The smallest absolute Gasteiger partial charge is 0.222 e. The maximum Gasteiger partial charge on any atom is 0.222 e. The molecule has 1 amide bonds. The Hall–Kier alpha value is -0.620. The van der Waals surface area contributed by atoms with Crippen LogP contribution in [0.4, 0.5) is 0 Å². The second kappa shape index (κ2) is 13.5. The van der Waals surface area contributed by atoms with E-state index in [0.717, 1.165) is 38.4 Å².